The number of imide groups is 1. The number of hydrogen-bond donors (Lipinski definition) is 0. The van der Waals surface area contributed by atoms with Crippen LogP contribution in [0.5, 0.6) is 0 Å². The third-order valence-corrected chi connectivity index (χ3v) is 6.74. The highest BCUT2D eigenvalue weighted by Gasteiger charge is 2.54. The van der Waals surface area contributed by atoms with E-state index in [4.69, 9.17) is 23.2 Å². The zero-order chi connectivity index (χ0) is 23.9. The van der Waals surface area contributed by atoms with Crippen LogP contribution in [0.15, 0.2) is 60.7 Å². The molecule has 0 saturated carbocycles. The van der Waals surface area contributed by atoms with Gasteiger partial charge in [0.15, 0.2) is 5.78 Å². The second-order valence-electron chi connectivity index (χ2n) is 8.35. The van der Waals surface area contributed by atoms with Gasteiger partial charge in [0.2, 0.25) is 0 Å². The summed E-state index contributed by atoms with van der Waals surface area (Å²) in [7, 11) is 0. The van der Waals surface area contributed by atoms with Crippen LogP contribution in [0, 0.1) is 17.8 Å². The van der Waals surface area contributed by atoms with Gasteiger partial charge in [-0.05, 0) is 67.8 Å². The molecule has 33 heavy (non-hydrogen) atoms. The number of hydrazine groups is 1. The summed E-state index contributed by atoms with van der Waals surface area (Å²) in [5.41, 5.74) is 0.518. The normalized spacial score (nSPS) is 22.8. The van der Waals surface area contributed by atoms with E-state index >= 15 is 0 Å². The van der Waals surface area contributed by atoms with Crippen molar-refractivity contribution in [2.75, 3.05) is 0 Å². The maximum Gasteiger partial charge on any atom is 0.273 e. The fraction of sp³-hybridized carbons (Fsp3) is 0.280. The second-order valence-corrected chi connectivity index (χ2v) is 9.22. The highest BCUT2D eigenvalue weighted by molar-refractivity contribution is 6.31. The number of halogens is 2. The standard InChI is InChI=1S/C25H22Cl2N2O4/c1-14-4-3-5-20-21(14)25(33)29(24(20)32)28(23(31)17-8-12-19(27)13-9-17)15(2)22(30)16-6-10-18(26)11-7-16/h3-4,6-15,20-21H,5H2,1-2H3/t14-,15+,20+,21+/m1/s1. The monoisotopic (exact) mass is 484 g/mol. The van der Waals surface area contributed by atoms with Gasteiger partial charge < -0.3 is 0 Å². The minimum atomic E-state index is -1.12. The van der Waals surface area contributed by atoms with Crippen LogP contribution in [0.4, 0.5) is 0 Å². The Bertz CT molecular complexity index is 1140. The van der Waals surface area contributed by atoms with E-state index in [2.05, 4.69) is 0 Å². The van der Waals surface area contributed by atoms with Crippen molar-refractivity contribution < 1.29 is 19.2 Å². The summed E-state index contributed by atoms with van der Waals surface area (Å²) in [4.78, 5) is 53.7. The Kier molecular flexibility index (Phi) is 6.41. The van der Waals surface area contributed by atoms with E-state index in [-0.39, 0.29) is 11.5 Å². The number of Topliss-reactive ketones (excluding diaryl/α,β-unsaturated/α-hetero) is 1. The van der Waals surface area contributed by atoms with Gasteiger partial charge in [-0.25, -0.2) is 5.01 Å². The molecule has 6 nitrogen and oxygen atoms in total. The number of amides is 3. The molecule has 170 valence electrons. The molecule has 0 bridgehead atoms. The minimum Gasteiger partial charge on any atom is -0.292 e. The Morgan fingerprint density at radius 1 is 0.939 bits per heavy atom. The Balaban J connectivity index is 1.76. The first-order valence-corrected chi connectivity index (χ1v) is 11.4. The molecule has 3 amide bonds. The van der Waals surface area contributed by atoms with E-state index in [9.17, 15) is 19.2 Å². The molecular weight excluding hydrogens is 463 g/mol. The van der Waals surface area contributed by atoms with Gasteiger partial charge in [-0.2, -0.15) is 5.01 Å². The molecule has 0 spiro atoms. The highest BCUT2D eigenvalue weighted by Crippen LogP contribution is 2.40. The van der Waals surface area contributed by atoms with Crippen molar-refractivity contribution in [2.45, 2.75) is 26.3 Å². The molecule has 1 heterocycles. The van der Waals surface area contributed by atoms with Gasteiger partial charge in [-0.15, -0.1) is 0 Å². The average Bonchev–Trinajstić information content (AvgIpc) is 3.05. The smallest absolute Gasteiger partial charge is 0.273 e. The summed E-state index contributed by atoms with van der Waals surface area (Å²) in [5, 5.41) is 2.77. The molecule has 0 N–H and O–H groups in total. The molecular formula is C25H22Cl2N2O4. The first kappa shape index (κ1) is 23.2. The number of allylic oxidation sites excluding steroid dienone is 2. The van der Waals surface area contributed by atoms with Crippen LogP contribution in [0.2, 0.25) is 10.0 Å². The molecule has 2 aromatic rings. The molecule has 1 fully saturated rings. The Morgan fingerprint density at radius 2 is 1.48 bits per heavy atom. The number of benzene rings is 2. The van der Waals surface area contributed by atoms with E-state index in [1.54, 1.807) is 24.3 Å². The van der Waals surface area contributed by atoms with Crippen LogP contribution in [-0.4, -0.2) is 39.6 Å². The summed E-state index contributed by atoms with van der Waals surface area (Å²) in [6, 6.07) is 11.2. The predicted octanol–water partition coefficient (Wildman–Crippen LogP) is 4.82. The maximum atomic E-state index is 13.6. The largest absolute Gasteiger partial charge is 0.292 e. The minimum absolute atomic E-state index is 0.153. The number of fused-ring (bicyclic) bond motifs is 1. The van der Waals surface area contributed by atoms with Gasteiger partial charge in [0.25, 0.3) is 17.7 Å². The molecule has 1 saturated heterocycles. The SMILES string of the molecule is C[C@@H]1C=CC[C@@H]2C(=O)N(N(C(=O)c3ccc(Cl)cc3)[C@@H](C)C(=O)c3ccc(Cl)cc3)C(=O)[C@@H]12. The maximum absolute atomic E-state index is 13.6. The van der Waals surface area contributed by atoms with Gasteiger partial charge in [-0.1, -0.05) is 42.3 Å². The molecule has 1 aliphatic carbocycles. The van der Waals surface area contributed by atoms with Crippen LogP contribution in [0.3, 0.4) is 0 Å². The summed E-state index contributed by atoms with van der Waals surface area (Å²) in [6.45, 7) is 3.38. The topological polar surface area (TPSA) is 74.8 Å². The van der Waals surface area contributed by atoms with Crippen LogP contribution in [-0.2, 0) is 9.59 Å². The quantitative estimate of drug-likeness (QED) is 0.346. The average molecular weight is 485 g/mol. The van der Waals surface area contributed by atoms with Crippen LogP contribution in [0.1, 0.15) is 41.0 Å². The molecule has 0 unspecified atom stereocenters. The zero-order valence-electron chi connectivity index (χ0n) is 18.1. The Labute approximate surface area is 201 Å². The Morgan fingerprint density at radius 3 is 2.03 bits per heavy atom. The van der Waals surface area contributed by atoms with E-state index in [1.165, 1.54) is 31.2 Å². The first-order chi connectivity index (χ1) is 15.7. The van der Waals surface area contributed by atoms with Gasteiger partial charge in [0, 0.05) is 21.2 Å². The third-order valence-electron chi connectivity index (χ3n) is 6.24. The lowest BCUT2D eigenvalue weighted by molar-refractivity contribution is -0.156. The fourth-order valence-electron chi connectivity index (χ4n) is 4.47. The summed E-state index contributed by atoms with van der Waals surface area (Å²) in [6.07, 6.45) is 4.20. The van der Waals surface area contributed by atoms with Gasteiger partial charge in [0.1, 0.15) is 6.04 Å². The molecule has 0 aromatic heterocycles. The number of nitrogens with zero attached hydrogens (tertiary/aromatic N) is 2. The Hall–Kier alpha value is -2.96. The van der Waals surface area contributed by atoms with Crippen molar-refractivity contribution in [3.05, 3.63) is 81.9 Å². The molecule has 1 aliphatic heterocycles. The lowest BCUT2D eigenvalue weighted by Crippen LogP contribution is -2.56. The molecule has 4 rings (SSSR count). The highest BCUT2D eigenvalue weighted by atomic mass is 35.5. The molecule has 4 atom stereocenters. The molecule has 2 aliphatic rings. The van der Waals surface area contributed by atoms with Gasteiger partial charge in [-0.3, -0.25) is 19.2 Å². The summed E-state index contributed by atoms with van der Waals surface area (Å²) in [5.74, 6) is -3.28. The van der Waals surface area contributed by atoms with Gasteiger partial charge >= 0.3 is 0 Å². The number of hydrogen-bond acceptors (Lipinski definition) is 4. The van der Waals surface area contributed by atoms with Crippen molar-refractivity contribution in [2.24, 2.45) is 17.8 Å². The number of carbonyl (C=O) groups excluding carboxylic acids is 4. The lowest BCUT2D eigenvalue weighted by atomic mass is 9.78. The summed E-state index contributed by atoms with van der Waals surface area (Å²) >= 11 is 11.9. The van der Waals surface area contributed by atoms with Crippen LogP contribution in [0.25, 0.3) is 0 Å². The second kappa shape index (κ2) is 9.12. The van der Waals surface area contributed by atoms with Crippen molar-refractivity contribution in [1.29, 1.82) is 0 Å². The zero-order valence-corrected chi connectivity index (χ0v) is 19.6. The molecule has 8 heteroatoms. The van der Waals surface area contributed by atoms with E-state index in [0.717, 1.165) is 10.0 Å². The van der Waals surface area contributed by atoms with E-state index in [0.29, 0.717) is 22.0 Å². The lowest BCUT2D eigenvalue weighted by Gasteiger charge is -2.34. The van der Waals surface area contributed by atoms with E-state index < -0.39 is 41.4 Å². The summed E-state index contributed by atoms with van der Waals surface area (Å²) < 4.78 is 0. The molecule has 2 aromatic carbocycles. The first-order valence-electron chi connectivity index (χ1n) is 10.6. The fourth-order valence-corrected chi connectivity index (χ4v) is 4.73. The van der Waals surface area contributed by atoms with Crippen LogP contribution < -0.4 is 0 Å². The van der Waals surface area contributed by atoms with Crippen molar-refractivity contribution in [1.82, 2.24) is 10.0 Å². The van der Waals surface area contributed by atoms with Crippen molar-refractivity contribution >= 4 is 46.7 Å². The predicted molar refractivity (Wildman–Crippen MR) is 125 cm³/mol. The van der Waals surface area contributed by atoms with Crippen molar-refractivity contribution in [3.8, 4) is 0 Å². The van der Waals surface area contributed by atoms with E-state index in [1.807, 2.05) is 19.1 Å². The van der Waals surface area contributed by atoms with Crippen molar-refractivity contribution in [3.63, 3.8) is 0 Å². The van der Waals surface area contributed by atoms with Gasteiger partial charge in [0.05, 0.1) is 11.8 Å². The number of rotatable bonds is 5. The third kappa shape index (κ3) is 4.21. The number of carbonyl (C=O) groups is 4. The molecule has 0 radical (unpaired) electrons. The number of ketones is 1. The van der Waals surface area contributed by atoms with Crippen LogP contribution >= 0.6 is 23.2 Å².